The van der Waals surface area contributed by atoms with Gasteiger partial charge in [-0.05, 0) is 59.5 Å². The highest BCUT2D eigenvalue weighted by Crippen LogP contribution is 2.35. The Kier molecular flexibility index (Phi) is 9.58. The summed E-state index contributed by atoms with van der Waals surface area (Å²) in [4.78, 5) is 51.3. The largest absolute Gasteiger partial charge is 0.497 e. The number of anilines is 1. The Hall–Kier alpha value is -4.91. The van der Waals surface area contributed by atoms with Crippen molar-refractivity contribution < 1.29 is 37.4 Å². The lowest BCUT2D eigenvalue weighted by Gasteiger charge is -2.34. The first-order valence-electron chi connectivity index (χ1n) is 13.9. The Labute approximate surface area is 255 Å². The fourth-order valence-corrected chi connectivity index (χ4v) is 6.28. The Balaban J connectivity index is 1.51. The molecular weight excluding hydrogens is 588 g/mol. The van der Waals surface area contributed by atoms with Gasteiger partial charge in [0.15, 0.2) is 0 Å². The van der Waals surface area contributed by atoms with Gasteiger partial charge in [0, 0.05) is 24.7 Å². The van der Waals surface area contributed by atoms with Crippen molar-refractivity contribution in [2.45, 2.75) is 44.3 Å². The number of benzene rings is 3. The molecule has 1 aliphatic rings. The third-order valence-corrected chi connectivity index (χ3v) is 9.32. The second-order valence-corrected chi connectivity index (χ2v) is 12.3. The molecule has 0 saturated carbocycles. The minimum absolute atomic E-state index is 0.107. The van der Waals surface area contributed by atoms with Crippen LogP contribution in [0, 0.1) is 5.92 Å². The highest BCUT2D eigenvalue weighted by molar-refractivity contribution is 7.90. The summed E-state index contributed by atoms with van der Waals surface area (Å²) in [6, 6.07) is 15.3. The number of ether oxygens (including phenoxy) is 1. The molecule has 1 heterocycles. The minimum atomic E-state index is -4.35. The van der Waals surface area contributed by atoms with E-state index in [0.717, 1.165) is 5.56 Å². The molecule has 12 nitrogen and oxygen atoms in total. The van der Waals surface area contributed by atoms with Crippen LogP contribution in [0.25, 0.3) is 0 Å². The molecule has 3 N–H and O–H groups in total. The first-order valence-corrected chi connectivity index (χ1v) is 15.3. The van der Waals surface area contributed by atoms with Crippen molar-refractivity contribution >= 4 is 39.5 Å². The quantitative estimate of drug-likeness (QED) is 0.292. The lowest BCUT2D eigenvalue weighted by Crippen LogP contribution is -2.48. The third-order valence-electron chi connectivity index (χ3n) is 7.57. The molecule has 0 fully saturated rings. The molecule has 3 aromatic carbocycles. The summed E-state index contributed by atoms with van der Waals surface area (Å²) in [6.45, 7) is 3.43. The SMILES string of the molecule is CCC(C)C(NC(=O)c1ccc(CN2C(=O)N(C)c3ccc(C(=O)NCc4ccc(OC)cc4)cc3S2(=O)=O)cc1)C(=O)O. The van der Waals surface area contributed by atoms with Gasteiger partial charge in [-0.25, -0.2) is 22.3 Å². The topological polar surface area (TPSA) is 162 Å². The number of carbonyl (C=O) groups is 4. The van der Waals surface area contributed by atoms with Gasteiger partial charge in [0.2, 0.25) is 0 Å². The van der Waals surface area contributed by atoms with Gasteiger partial charge in [0.1, 0.15) is 16.7 Å². The molecule has 0 radical (unpaired) electrons. The van der Waals surface area contributed by atoms with Crippen molar-refractivity contribution in [1.82, 2.24) is 14.9 Å². The monoisotopic (exact) mass is 622 g/mol. The summed E-state index contributed by atoms with van der Waals surface area (Å²) in [5.74, 6) is -1.82. The molecule has 2 unspecified atom stereocenters. The van der Waals surface area contributed by atoms with Crippen LogP contribution >= 0.6 is 0 Å². The smallest absolute Gasteiger partial charge is 0.338 e. The zero-order valence-electron chi connectivity index (χ0n) is 24.7. The van der Waals surface area contributed by atoms with Crippen LogP contribution in [0.5, 0.6) is 5.75 Å². The number of carboxylic acid groups (broad SMARTS) is 1. The number of carbonyl (C=O) groups excluding carboxylic acids is 3. The maximum absolute atomic E-state index is 13.6. The molecular formula is C31H34N4O8S. The van der Waals surface area contributed by atoms with E-state index in [0.29, 0.717) is 22.0 Å². The molecule has 13 heteroatoms. The molecule has 232 valence electrons. The van der Waals surface area contributed by atoms with E-state index in [1.165, 1.54) is 54.4 Å². The molecule has 3 aromatic rings. The van der Waals surface area contributed by atoms with E-state index in [9.17, 15) is 32.7 Å². The first-order chi connectivity index (χ1) is 20.9. The lowest BCUT2D eigenvalue weighted by molar-refractivity contribution is -0.140. The zero-order chi connectivity index (χ0) is 32.2. The molecule has 0 spiro atoms. The van der Waals surface area contributed by atoms with Gasteiger partial charge >= 0.3 is 12.0 Å². The number of carboxylic acids is 1. The fourth-order valence-electron chi connectivity index (χ4n) is 4.65. The number of urea groups is 1. The highest BCUT2D eigenvalue weighted by Gasteiger charge is 2.40. The standard InChI is InChI=1S/C31H34N4O8S/c1-5-19(2)27(30(38)39)33-29(37)22-10-6-21(7-11-22)18-35-31(40)34(3)25-15-12-23(16-26(25)44(35,41)42)28(36)32-17-20-8-13-24(43-4)14-9-20/h6-16,19,27H,5,17-18H2,1-4H3,(H,32,36)(H,33,37)(H,38,39). The lowest BCUT2D eigenvalue weighted by atomic mass is 9.99. The van der Waals surface area contributed by atoms with Crippen LogP contribution in [0.15, 0.2) is 71.6 Å². The van der Waals surface area contributed by atoms with Crippen molar-refractivity contribution in [1.29, 1.82) is 0 Å². The highest BCUT2D eigenvalue weighted by atomic mass is 32.2. The number of hydrogen-bond acceptors (Lipinski definition) is 7. The van der Waals surface area contributed by atoms with Gasteiger partial charge in [0.25, 0.3) is 21.8 Å². The summed E-state index contributed by atoms with van der Waals surface area (Å²) in [5, 5.41) is 14.7. The maximum Gasteiger partial charge on any atom is 0.338 e. The van der Waals surface area contributed by atoms with Crippen LogP contribution in [0.4, 0.5) is 10.5 Å². The van der Waals surface area contributed by atoms with Crippen LogP contribution in [0.1, 0.15) is 52.1 Å². The van der Waals surface area contributed by atoms with E-state index in [2.05, 4.69) is 10.6 Å². The second kappa shape index (κ2) is 13.2. The van der Waals surface area contributed by atoms with Gasteiger partial charge < -0.3 is 20.5 Å². The molecule has 0 aliphatic carbocycles. The van der Waals surface area contributed by atoms with Crippen LogP contribution in [-0.2, 0) is 27.9 Å². The Morgan fingerprint density at radius 1 is 0.932 bits per heavy atom. The number of nitrogens with zero attached hydrogens (tertiary/aromatic N) is 2. The van der Waals surface area contributed by atoms with Gasteiger partial charge in [-0.2, -0.15) is 0 Å². The number of sulfonamides is 1. The summed E-state index contributed by atoms with van der Waals surface area (Å²) < 4.78 is 33.1. The molecule has 4 amide bonds. The molecule has 0 aromatic heterocycles. The van der Waals surface area contributed by atoms with Crippen molar-refractivity contribution in [2.75, 3.05) is 19.1 Å². The van der Waals surface area contributed by atoms with Gasteiger partial charge in [-0.3, -0.25) is 14.5 Å². The molecule has 1 aliphatic heterocycles. The fraction of sp³-hybridized carbons (Fsp3) is 0.290. The summed E-state index contributed by atoms with van der Waals surface area (Å²) >= 11 is 0. The Morgan fingerprint density at radius 2 is 1.55 bits per heavy atom. The number of nitrogens with one attached hydrogen (secondary N) is 2. The van der Waals surface area contributed by atoms with Crippen molar-refractivity contribution in [2.24, 2.45) is 5.92 Å². The average molecular weight is 623 g/mol. The van der Waals surface area contributed by atoms with E-state index in [1.54, 1.807) is 38.3 Å². The van der Waals surface area contributed by atoms with E-state index in [4.69, 9.17) is 4.74 Å². The molecule has 2 atom stereocenters. The number of fused-ring (bicyclic) bond motifs is 1. The van der Waals surface area contributed by atoms with E-state index in [1.807, 2.05) is 6.92 Å². The van der Waals surface area contributed by atoms with E-state index < -0.39 is 39.9 Å². The average Bonchev–Trinajstić information content (AvgIpc) is 3.03. The van der Waals surface area contributed by atoms with E-state index >= 15 is 0 Å². The summed E-state index contributed by atoms with van der Waals surface area (Å²) in [5.41, 5.74) is 1.67. The number of hydrogen-bond donors (Lipinski definition) is 3. The number of rotatable bonds is 11. The van der Waals surface area contributed by atoms with Crippen LogP contribution in [0.2, 0.25) is 0 Å². The van der Waals surface area contributed by atoms with E-state index in [-0.39, 0.29) is 40.7 Å². The van der Waals surface area contributed by atoms with Gasteiger partial charge in [-0.1, -0.05) is 44.5 Å². The van der Waals surface area contributed by atoms with Gasteiger partial charge in [-0.15, -0.1) is 0 Å². The Bertz CT molecular complexity index is 1670. The first kappa shape index (κ1) is 32.0. The predicted octanol–water partition coefficient (Wildman–Crippen LogP) is 3.62. The number of amides is 4. The van der Waals surface area contributed by atoms with Crippen molar-refractivity contribution in [3.05, 3.63) is 89.0 Å². The normalized spacial score (nSPS) is 15.1. The molecule has 0 bridgehead atoms. The zero-order valence-corrected chi connectivity index (χ0v) is 25.6. The molecule has 4 rings (SSSR count). The van der Waals surface area contributed by atoms with Crippen molar-refractivity contribution in [3.63, 3.8) is 0 Å². The Morgan fingerprint density at radius 3 is 2.14 bits per heavy atom. The van der Waals surface area contributed by atoms with Crippen LogP contribution in [-0.4, -0.2) is 61.8 Å². The summed E-state index contributed by atoms with van der Waals surface area (Å²) in [7, 11) is -1.36. The predicted molar refractivity (Wildman–Crippen MR) is 162 cm³/mol. The van der Waals surface area contributed by atoms with Gasteiger partial charge in [0.05, 0.1) is 19.3 Å². The molecule has 44 heavy (non-hydrogen) atoms. The van der Waals surface area contributed by atoms with Crippen molar-refractivity contribution in [3.8, 4) is 5.75 Å². The van der Waals surface area contributed by atoms with Crippen LogP contribution < -0.4 is 20.3 Å². The summed E-state index contributed by atoms with van der Waals surface area (Å²) in [6.07, 6.45) is 0.557. The van der Waals surface area contributed by atoms with Crippen LogP contribution in [0.3, 0.4) is 0 Å². The second-order valence-electron chi connectivity index (χ2n) is 10.4. The number of methoxy groups -OCH3 is 1. The molecule has 0 saturated heterocycles. The minimum Gasteiger partial charge on any atom is -0.497 e. The number of aliphatic carboxylic acids is 1. The maximum atomic E-state index is 13.6. The third kappa shape index (κ3) is 6.67.